The van der Waals surface area contributed by atoms with Gasteiger partial charge in [0.25, 0.3) is 0 Å². The molecule has 1 aromatic carbocycles. The third kappa shape index (κ3) is 4.49. The second-order valence-corrected chi connectivity index (χ2v) is 5.02. The number of benzene rings is 1. The van der Waals surface area contributed by atoms with E-state index in [-0.39, 0.29) is 12.1 Å². The first-order valence-electron chi connectivity index (χ1n) is 6.98. The van der Waals surface area contributed by atoms with E-state index in [1.807, 2.05) is 11.9 Å². The lowest BCUT2D eigenvalue weighted by atomic mass is 9.98. The van der Waals surface area contributed by atoms with Gasteiger partial charge in [-0.2, -0.15) is 13.2 Å². The Kier molecular flexibility index (Phi) is 6.49. The fourth-order valence-corrected chi connectivity index (χ4v) is 2.36. The monoisotopic (exact) mass is 288 g/mol. The van der Waals surface area contributed by atoms with Crippen LogP contribution in [0.15, 0.2) is 24.3 Å². The highest BCUT2D eigenvalue weighted by Crippen LogP contribution is 2.35. The van der Waals surface area contributed by atoms with Gasteiger partial charge in [-0.3, -0.25) is 4.90 Å². The number of nitrogens with two attached hydrogens (primary N) is 1. The van der Waals surface area contributed by atoms with Crippen molar-refractivity contribution >= 4 is 0 Å². The van der Waals surface area contributed by atoms with E-state index >= 15 is 0 Å². The van der Waals surface area contributed by atoms with E-state index in [0.29, 0.717) is 0 Å². The second kappa shape index (κ2) is 7.64. The molecular formula is C15H23F3N2. The summed E-state index contributed by atoms with van der Waals surface area (Å²) >= 11 is 0. The Morgan fingerprint density at radius 2 is 1.85 bits per heavy atom. The summed E-state index contributed by atoms with van der Waals surface area (Å²) in [5.74, 6) is 0. The maximum absolute atomic E-state index is 13.1. The van der Waals surface area contributed by atoms with Crippen LogP contribution in [-0.4, -0.2) is 25.0 Å². The van der Waals surface area contributed by atoms with Crippen molar-refractivity contribution in [1.29, 1.82) is 0 Å². The van der Waals surface area contributed by atoms with Crippen molar-refractivity contribution in [3.8, 4) is 0 Å². The van der Waals surface area contributed by atoms with E-state index in [9.17, 15) is 13.2 Å². The van der Waals surface area contributed by atoms with Crippen molar-refractivity contribution in [2.45, 2.75) is 38.4 Å². The number of rotatable bonds is 7. The molecule has 2 nitrogen and oxygen atoms in total. The Balaban J connectivity index is 2.95. The van der Waals surface area contributed by atoms with Crippen molar-refractivity contribution in [2.24, 2.45) is 5.73 Å². The van der Waals surface area contributed by atoms with Crippen LogP contribution >= 0.6 is 0 Å². The number of halogens is 3. The first kappa shape index (κ1) is 17.0. The van der Waals surface area contributed by atoms with Gasteiger partial charge >= 0.3 is 6.18 Å². The Morgan fingerprint density at radius 3 is 2.40 bits per heavy atom. The van der Waals surface area contributed by atoms with E-state index in [1.54, 1.807) is 6.07 Å². The molecule has 1 aromatic rings. The minimum Gasteiger partial charge on any atom is -0.329 e. The molecule has 0 saturated heterocycles. The smallest absolute Gasteiger partial charge is 0.329 e. The van der Waals surface area contributed by atoms with Crippen molar-refractivity contribution in [3.63, 3.8) is 0 Å². The molecule has 0 radical (unpaired) electrons. The molecule has 0 spiro atoms. The van der Waals surface area contributed by atoms with Gasteiger partial charge in [0.15, 0.2) is 0 Å². The molecule has 0 aliphatic rings. The summed E-state index contributed by atoms with van der Waals surface area (Å²) in [7, 11) is 1.83. The standard InChI is InChI=1S/C15H23F3N2/c1-3-4-7-10-20(2)14(11-19)12-8-5-6-9-13(12)15(16,17)18/h5-6,8-9,14H,3-4,7,10-11,19H2,1-2H3. The summed E-state index contributed by atoms with van der Waals surface area (Å²) < 4.78 is 39.2. The SMILES string of the molecule is CCCCCN(C)C(CN)c1ccccc1C(F)(F)F. The molecular weight excluding hydrogens is 265 g/mol. The van der Waals surface area contributed by atoms with Crippen LogP contribution in [0.25, 0.3) is 0 Å². The summed E-state index contributed by atoms with van der Waals surface area (Å²) in [4.78, 5) is 1.92. The molecule has 2 N–H and O–H groups in total. The summed E-state index contributed by atoms with van der Waals surface area (Å²) in [6.45, 7) is 3.02. The zero-order chi connectivity index (χ0) is 15.2. The Bertz CT molecular complexity index is 404. The molecule has 0 saturated carbocycles. The first-order valence-corrected chi connectivity index (χ1v) is 6.98. The maximum Gasteiger partial charge on any atom is 0.416 e. The van der Waals surface area contributed by atoms with Crippen LogP contribution in [0.5, 0.6) is 0 Å². The largest absolute Gasteiger partial charge is 0.416 e. The maximum atomic E-state index is 13.1. The van der Waals surface area contributed by atoms with Gasteiger partial charge in [0.1, 0.15) is 0 Å². The molecule has 0 bridgehead atoms. The lowest BCUT2D eigenvalue weighted by Gasteiger charge is -2.29. The number of unbranched alkanes of at least 4 members (excludes halogenated alkanes) is 2. The van der Waals surface area contributed by atoms with Crippen LogP contribution in [-0.2, 0) is 6.18 Å². The van der Waals surface area contributed by atoms with Crippen LogP contribution in [0.4, 0.5) is 13.2 Å². The third-order valence-electron chi connectivity index (χ3n) is 3.49. The molecule has 1 atom stereocenters. The predicted octanol–water partition coefficient (Wildman–Crippen LogP) is 3.83. The zero-order valence-corrected chi connectivity index (χ0v) is 12.1. The van der Waals surface area contributed by atoms with Gasteiger partial charge in [0, 0.05) is 12.6 Å². The second-order valence-electron chi connectivity index (χ2n) is 5.02. The quantitative estimate of drug-likeness (QED) is 0.773. The lowest BCUT2D eigenvalue weighted by molar-refractivity contribution is -0.138. The Hall–Kier alpha value is -1.07. The molecule has 0 aliphatic carbocycles. The molecule has 1 unspecified atom stereocenters. The van der Waals surface area contributed by atoms with E-state index in [2.05, 4.69) is 6.92 Å². The summed E-state index contributed by atoms with van der Waals surface area (Å²) in [5.41, 5.74) is 5.39. The Labute approximate surface area is 118 Å². The number of nitrogens with zero attached hydrogens (tertiary/aromatic N) is 1. The van der Waals surface area contributed by atoms with Crippen LogP contribution in [0.2, 0.25) is 0 Å². The molecule has 0 fully saturated rings. The van der Waals surface area contributed by atoms with Crippen molar-refractivity contribution in [1.82, 2.24) is 4.90 Å². The average molecular weight is 288 g/mol. The van der Waals surface area contributed by atoms with E-state index in [4.69, 9.17) is 5.73 Å². The average Bonchev–Trinajstić information content (AvgIpc) is 2.39. The molecule has 0 aromatic heterocycles. The zero-order valence-electron chi connectivity index (χ0n) is 12.1. The predicted molar refractivity (Wildman–Crippen MR) is 75.4 cm³/mol. The molecule has 0 aliphatic heterocycles. The summed E-state index contributed by atoms with van der Waals surface area (Å²) in [6, 6.07) is 5.29. The van der Waals surface area contributed by atoms with Crippen LogP contribution in [0.3, 0.4) is 0 Å². The van der Waals surface area contributed by atoms with Gasteiger partial charge in [-0.05, 0) is 31.6 Å². The van der Waals surface area contributed by atoms with Crippen molar-refractivity contribution < 1.29 is 13.2 Å². The molecule has 0 amide bonds. The fourth-order valence-electron chi connectivity index (χ4n) is 2.36. The van der Waals surface area contributed by atoms with Gasteiger partial charge in [-0.1, -0.05) is 38.0 Å². The highest BCUT2D eigenvalue weighted by Gasteiger charge is 2.35. The van der Waals surface area contributed by atoms with Crippen molar-refractivity contribution in [2.75, 3.05) is 20.1 Å². The number of hydrogen-bond acceptors (Lipinski definition) is 2. The minimum absolute atomic E-state index is 0.176. The highest BCUT2D eigenvalue weighted by atomic mass is 19.4. The van der Waals surface area contributed by atoms with E-state index in [1.165, 1.54) is 12.1 Å². The number of hydrogen-bond donors (Lipinski definition) is 1. The normalized spacial score (nSPS) is 13.8. The first-order chi connectivity index (χ1) is 9.41. The van der Waals surface area contributed by atoms with Gasteiger partial charge in [-0.25, -0.2) is 0 Å². The van der Waals surface area contributed by atoms with E-state index in [0.717, 1.165) is 31.9 Å². The molecule has 5 heteroatoms. The van der Waals surface area contributed by atoms with Crippen LogP contribution in [0.1, 0.15) is 43.4 Å². The lowest BCUT2D eigenvalue weighted by Crippen LogP contribution is -2.32. The van der Waals surface area contributed by atoms with Crippen LogP contribution in [0, 0.1) is 0 Å². The summed E-state index contributed by atoms with van der Waals surface area (Å²) in [5, 5.41) is 0. The summed E-state index contributed by atoms with van der Waals surface area (Å²) in [6.07, 6.45) is -1.21. The van der Waals surface area contributed by atoms with Crippen molar-refractivity contribution in [3.05, 3.63) is 35.4 Å². The van der Waals surface area contributed by atoms with Gasteiger partial charge in [0.05, 0.1) is 5.56 Å². The number of alkyl halides is 3. The Morgan fingerprint density at radius 1 is 1.20 bits per heavy atom. The molecule has 114 valence electrons. The highest BCUT2D eigenvalue weighted by molar-refractivity contribution is 5.32. The van der Waals surface area contributed by atoms with Gasteiger partial charge in [-0.15, -0.1) is 0 Å². The molecule has 1 rings (SSSR count). The molecule has 20 heavy (non-hydrogen) atoms. The third-order valence-corrected chi connectivity index (χ3v) is 3.49. The molecule has 0 heterocycles. The minimum atomic E-state index is -4.34. The van der Waals surface area contributed by atoms with Gasteiger partial charge in [0.2, 0.25) is 0 Å². The topological polar surface area (TPSA) is 29.3 Å². The van der Waals surface area contributed by atoms with Crippen LogP contribution < -0.4 is 5.73 Å². The van der Waals surface area contributed by atoms with Gasteiger partial charge < -0.3 is 5.73 Å². The fraction of sp³-hybridized carbons (Fsp3) is 0.600. The number of likely N-dealkylation sites (N-methyl/N-ethyl adjacent to an activating group) is 1. The van der Waals surface area contributed by atoms with E-state index < -0.39 is 17.8 Å².